The summed E-state index contributed by atoms with van der Waals surface area (Å²) in [5.74, 6) is -0.471. The van der Waals surface area contributed by atoms with Gasteiger partial charge < -0.3 is 10.2 Å². The first-order valence-corrected chi connectivity index (χ1v) is 6.31. The van der Waals surface area contributed by atoms with Crippen LogP contribution in [0.15, 0.2) is 23.8 Å². The van der Waals surface area contributed by atoms with Crippen molar-refractivity contribution in [3.05, 3.63) is 24.7 Å². The predicted octanol–water partition coefficient (Wildman–Crippen LogP) is 1.54. The van der Waals surface area contributed by atoms with Crippen LogP contribution < -0.4 is 5.32 Å². The molecule has 0 unspecified atom stereocenters. The molecule has 1 aromatic heterocycles. The van der Waals surface area contributed by atoms with Gasteiger partial charge in [-0.2, -0.15) is 4.98 Å². The molecule has 2 heterocycles. The second-order valence-electron chi connectivity index (χ2n) is 4.50. The van der Waals surface area contributed by atoms with Crippen molar-refractivity contribution in [2.45, 2.75) is 18.9 Å². The molecule has 2 rings (SSSR count). The van der Waals surface area contributed by atoms with E-state index in [1.807, 2.05) is 0 Å². The molecule has 1 atom stereocenters. The van der Waals surface area contributed by atoms with Crippen LogP contribution in [0.3, 0.4) is 0 Å². The summed E-state index contributed by atoms with van der Waals surface area (Å²) in [6.45, 7) is 7.96. The van der Waals surface area contributed by atoms with Gasteiger partial charge in [0, 0.05) is 19.1 Å². The van der Waals surface area contributed by atoms with E-state index >= 15 is 0 Å². The summed E-state index contributed by atoms with van der Waals surface area (Å²) in [6, 6.07) is -0.0604. The number of halogens is 1. The number of carbonyl (C=O) groups excluding carboxylic acids is 1. The van der Waals surface area contributed by atoms with E-state index in [0.29, 0.717) is 13.1 Å². The first-order valence-electron chi connectivity index (χ1n) is 6.31. The maximum Gasteiger partial charge on any atom is 0.250 e. The van der Waals surface area contributed by atoms with E-state index in [1.54, 1.807) is 4.90 Å². The molecule has 0 bridgehead atoms. The fraction of sp³-hybridized carbons (Fsp3) is 0.385. The number of aliphatic imine (C=N–C) groups is 1. The molecule has 0 spiro atoms. The van der Waals surface area contributed by atoms with Crippen molar-refractivity contribution < 1.29 is 9.18 Å². The van der Waals surface area contributed by atoms with Gasteiger partial charge in [-0.3, -0.25) is 4.79 Å². The third-order valence-corrected chi connectivity index (χ3v) is 3.12. The number of nitrogens with one attached hydrogen (secondary N) is 1. The molecule has 1 amide bonds. The number of likely N-dealkylation sites (tertiary alicyclic amines) is 1. The Labute approximate surface area is 116 Å². The summed E-state index contributed by atoms with van der Waals surface area (Å²) >= 11 is 0. The van der Waals surface area contributed by atoms with E-state index in [9.17, 15) is 9.18 Å². The van der Waals surface area contributed by atoms with Crippen molar-refractivity contribution in [3.8, 4) is 0 Å². The van der Waals surface area contributed by atoms with Crippen LogP contribution in [0.2, 0.25) is 0 Å². The number of rotatable bonds is 4. The zero-order valence-corrected chi connectivity index (χ0v) is 11.0. The molecule has 1 saturated heterocycles. The maximum absolute atomic E-state index is 13.6. The van der Waals surface area contributed by atoms with Gasteiger partial charge in [0.1, 0.15) is 0 Å². The van der Waals surface area contributed by atoms with E-state index in [2.05, 4.69) is 33.6 Å². The Kier molecular flexibility index (Phi) is 4.39. The van der Waals surface area contributed by atoms with Crippen molar-refractivity contribution in [3.63, 3.8) is 0 Å². The van der Waals surface area contributed by atoms with Crippen molar-refractivity contribution in [2.75, 3.05) is 18.4 Å². The summed E-state index contributed by atoms with van der Waals surface area (Å²) in [6.07, 6.45) is 4.01. The smallest absolute Gasteiger partial charge is 0.250 e. The molecule has 0 saturated carbocycles. The Morgan fingerprint density at radius 1 is 1.65 bits per heavy atom. The zero-order valence-electron chi connectivity index (χ0n) is 11.0. The average molecular weight is 277 g/mol. The topological polar surface area (TPSA) is 70.5 Å². The van der Waals surface area contributed by atoms with Crippen molar-refractivity contribution in [1.29, 1.82) is 0 Å². The fourth-order valence-electron chi connectivity index (χ4n) is 2.15. The van der Waals surface area contributed by atoms with Crippen molar-refractivity contribution in [1.82, 2.24) is 14.9 Å². The van der Waals surface area contributed by atoms with E-state index < -0.39 is 5.82 Å². The van der Waals surface area contributed by atoms with E-state index in [1.165, 1.54) is 6.08 Å². The molecule has 6 nitrogen and oxygen atoms in total. The summed E-state index contributed by atoms with van der Waals surface area (Å²) in [5.41, 5.74) is 0. The molecular weight excluding hydrogens is 261 g/mol. The van der Waals surface area contributed by atoms with Crippen LogP contribution in [0.1, 0.15) is 12.8 Å². The Bertz CT molecular complexity index is 533. The molecule has 20 heavy (non-hydrogen) atoms. The average Bonchev–Trinajstić information content (AvgIpc) is 2.49. The van der Waals surface area contributed by atoms with Crippen LogP contribution in [-0.2, 0) is 4.79 Å². The molecule has 1 aliphatic heterocycles. The molecule has 0 aromatic carbocycles. The quantitative estimate of drug-likeness (QED) is 0.669. The second kappa shape index (κ2) is 6.23. The number of carbonyl (C=O) groups is 1. The molecule has 0 radical (unpaired) electrons. The second-order valence-corrected chi connectivity index (χ2v) is 4.50. The van der Waals surface area contributed by atoms with Gasteiger partial charge >= 0.3 is 0 Å². The van der Waals surface area contributed by atoms with Crippen molar-refractivity contribution in [2.24, 2.45) is 4.99 Å². The number of piperidine rings is 1. The van der Waals surface area contributed by atoms with E-state index in [4.69, 9.17) is 0 Å². The van der Waals surface area contributed by atoms with Gasteiger partial charge in [0.2, 0.25) is 5.91 Å². The lowest BCUT2D eigenvalue weighted by Crippen LogP contribution is -2.44. The molecule has 106 valence electrons. The van der Waals surface area contributed by atoms with Crippen LogP contribution >= 0.6 is 0 Å². The van der Waals surface area contributed by atoms with Gasteiger partial charge in [-0.05, 0) is 25.6 Å². The first-order chi connectivity index (χ1) is 9.63. The standard InChI is InChI=1S/C13H16FN5O/c1-3-11(20)19-6-4-5-9(8-19)17-12-10(14)7-16-13(15-2)18-12/h3,7,9H,1-2,4-6,8H2,(H,16,17,18)/t9-/m1/s1. The van der Waals surface area contributed by atoms with Gasteiger partial charge in [-0.25, -0.2) is 14.4 Å². The highest BCUT2D eigenvalue weighted by Crippen LogP contribution is 2.18. The van der Waals surface area contributed by atoms with Gasteiger partial charge in [-0.1, -0.05) is 6.58 Å². The highest BCUT2D eigenvalue weighted by Gasteiger charge is 2.23. The van der Waals surface area contributed by atoms with E-state index in [0.717, 1.165) is 19.0 Å². The normalized spacial score (nSPS) is 18.4. The number of aromatic nitrogens is 2. The SMILES string of the molecule is C=CC(=O)N1CCC[C@@H](Nc2nc(N=C)ncc2F)C1. The fourth-order valence-corrected chi connectivity index (χ4v) is 2.15. The van der Waals surface area contributed by atoms with E-state index in [-0.39, 0.29) is 23.7 Å². The summed E-state index contributed by atoms with van der Waals surface area (Å²) in [5, 5.41) is 2.99. The molecule has 0 aliphatic carbocycles. The Hall–Kier alpha value is -2.31. The highest BCUT2D eigenvalue weighted by atomic mass is 19.1. The molecule has 1 fully saturated rings. The van der Waals surface area contributed by atoms with Crippen molar-refractivity contribution >= 4 is 24.4 Å². The van der Waals surface area contributed by atoms with Crippen LogP contribution in [0.4, 0.5) is 16.2 Å². The van der Waals surface area contributed by atoms with Gasteiger partial charge in [0.15, 0.2) is 11.6 Å². The summed E-state index contributed by atoms with van der Waals surface area (Å²) in [4.78, 5) is 24.4. The zero-order chi connectivity index (χ0) is 14.5. The number of nitrogens with zero attached hydrogens (tertiary/aromatic N) is 4. The minimum absolute atomic E-state index is 0.0604. The minimum Gasteiger partial charge on any atom is -0.363 e. The lowest BCUT2D eigenvalue weighted by Gasteiger charge is -2.32. The van der Waals surface area contributed by atoms with Crippen LogP contribution in [0.25, 0.3) is 0 Å². The molecule has 1 aliphatic rings. The van der Waals surface area contributed by atoms with Gasteiger partial charge in [0.25, 0.3) is 5.95 Å². The number of hydrogen-bond acceptors (Lipinski definition) is 5. The first kappa shape index (κ1) is 14.1. The monoisotopic (exact) mass is 277 g/mol. The maximum atomic E-state index is 13.6. The Morgan fingerprint density at radius 3 is 3.15 bits per heavy atom. The lowest BCUT2D eigenvalue weighted by atomic mass is 10.1. The Balaban J connectivity index is 2.07. The van der Waals surface area contributed by atoms with Gasteiger partial charge in [0.05, 0.1) is 6.20 Å². The third-order valence-electron chi connectivity index (χ3n) is 3.12. The Morgan fingerprint density at radius 2 is 2.45 bits per heavy atom. The molecule has 1 N–H and O–H groups in total. The molecule has 7 heteroatoms. The summed E-state index contributed by atoms with van der Waals surface area (Å²) < 4.78 is 13.6. The summed E-state index contributed by atoms with van der Waals surface area (Å²) in [7, 11) is 0. The third kappa shape index (κ3) is 3.17. The molecule has 1 aromatic rings. The number of anilines is 1. The number of amides is 1. The highest BCUT2D eigenvalue weighted by molar-refractivity contribution is 5.87. The predicted molar refractivity (Wildman–Crippen MR) is 74.6 cm³/mol. The van der Waals surface area contributed by atoms with Gasteiger partial charge in [-0.15, -0.1) is 0 Å². The minimum atomic E-state index is -0.551. The lowest BCUT2D eigenvalue weighted by molar-refractivity contribution is -0.127. The van der Waals surface area contributed by atoms with Crippen LogP contribution in [-0.4, -0.2) is 46.6 Å². The number of hydrogen-bond donors (Lipinski definition) is 1. The van der Waals surface area contributed by atoms with Crippen LogP contribution in [0, 0.1) is 5.82 Å². The van der Waals surface area contributed by atoms with Crippen LogP contribution in [0.5, 0.6) is 0 Å². The molecular formula is C13H16FN5O. The largest absolute Gasteiger partial charge is 0.363 e.